The van der Waals surface area contributed by atoms with E-state index in [1.54, 1.807) is 20.8 Å². The minimum Gasteiger partial charge on any atom is -0.467 e. The highest BCUT2D eigenvalue weighted by Gasteiger charge is 2.25. The van der Waals surface area contributed by atoms with E-state index in [2.05, 4.69) is 10.3 Å². The van der Waals surface area contributed by atoms with Gasteiger partial charge in [0.2, 0.25) is 0 Å². The van der Waals surface area contributed by atoms with Crippen LogP contribution >= 0.6 is 0 Å². The van der Waals surface area contributed by atoms with Gasteiger partial charge >= 0.3 is 12.1 Å². The molecule has 0 radical (unpaired) electrons. The zero-order valence-corrected chi connectivity index (χ0v) is 14.5. The molecule has 2 aromatic rings. The Morgan fingerprint density at radius 1 is 1.25 bits per heavy atom. The molecule has 1 aromatic carbocycles. The van der Waals surface area contributed by atoms with Crippen LogP contribution in [0.3, 0.4) is 0 Å². The summed E-state index contributed by atoms with van der Waals surface area (Å²) in [5.74, 6) is -0.485. The lowest BCUT2D eigenvalue weighted by atomic mass is 10.0. The molecule has 1 atom stereocenters. The van der Waals surface area contributed by atoms with E-state index in [-0.39, 0.29) is 0 Å². The topological polar surface area (TPSA) is 80.4 Å². The van der Waals surface area contributed by atoms with Gasteiger partial charge in [-0.2, -0.15) is 0 Å². The maximum atomic E-state index is 11.9. The number of rotatable bonds is 5. The van der Waals surface area contributed by atoms with Gasteiger partial charge in [0.25, 0.3) is 0 Å². The minimum absolute atomic E-state index is 0.424. The maximum Gasteiger partial charge on any atom is 0.408 e. The number of hydrogen-bond donors (Lipinski definition) is 2. The number of alkyl carbamates (subject to hydrolysis) is 1. The Bertz CT molecular complexity index is 715. The number of ether oxygens (including phenoxy) is 2. The highest BCUT2D eigenvalue weighted by molar-refractivity contribution is 5.84. The number of aromatic amines is 1. The van der Waals surface area contributed by atoms with E-state index in [9.17, 15) is 9.59 Å². The molecule has 2 rings (SSSR count). The lowest BCUT2D eigenvalue weighted by molar-refractivity contribution is -0.143. The third kappa shape index (κ3) is 4.75. The molecule has 0 aliphatic heterocycles. The zero-order valence-electron chi connectivity index (χ0n) is 14.5. The van der Waals surface area contributed by atoms with Crippen molar-refractivity contribution in [3.63, 3.8) is 0 Å². The molecule has 2 N–H and O–H groups in total. The minimum atomic E-state index is -0.751. The van der Waals surface area contributed by atoms with Crippen LogP contribution < -0.4 is 5.32 Å². The van der Waals surface area contributed by atoms with Gasteiger partial charge in [0.1, 0.15) is 11.6 Å². The van der Waals surface area contributed by atoms with Crippen LogP contribution in [0.25, 0.3) is 10.9 Å². The number of aryl methyl sites for hydroxylation is 1. The van der Waals surface area contributed by atoms with Gasteiger partial charge in [-0.3, -0.25) is 0 Å². The van der Waals surface area contributed by atoms with E-state index in [4.69, 9.17) is 9.47 Å². The van der Waals surface area contributed by atoms with Crippen molar-refractivity contribution in [2.24, 2.45) is 0 Å². The Kier molecular flexibility index (Phi) is 5.49. The van der Waals surface area contributed by atoms with Gasteiger partial charge in [-0.25, -0.2) is 9.59 Å². The number of hydrogen-bond acceptors (Lipinski definition) is 4. The van der Waals surface area contributed by atoms with Gasteiger partial charge in [-0.05, 0) is 45.2 Å². The zero-order chi connectivity index (χ0) is 17.7. The number of carbonyl (C=O) groups excluding carboxylic acids is 2. The molecule has 0 unspecified atom stereocenters. The van der Waals surface area contributed by atoms with E-state index in [0.717, 1.165) is 16.5 Å². The Hall–Kier alpha value is -2.50. The SMILES string of the molecule is COC(=O)[C@H](CCc1c[nH]c2ccccc12)NC(=O)OC(C)(C)C. The van der Waals surface area contributed by atoms with Crippen LogP contribution in [0.5, 0.6) is 0 Å². The van der Waals surface area contributed by atoms with Gasteiger partial charge in [0, 0.05) is 17.1 Å². The molecular weight excluding hydrogens is 308 g/mol. The number of aromatic nitrogens is 1. The predicted octanol–water partition coefficient (Wildman–Crippen LogP) is 3.17. The third-order valence-corrected chi connectivity index (χ3v) is 3.55. The van der Waals surface area contributed by atoms with Crippen molar-refractivity contribution in [3.8, 4) is 0 Å². The van der Waals surface area contributed by atoms with Crippen LogP contribution in [0.4, 0.5) is 4.79 Å². The Morgan fingerprint density at radius 2 is 1.96 bits per heavy atom. The number of benzene rings is 1. The summed E-state index contributed by atoms with van der Waals surface area (Å²) < 4.78 is 9.99. The summed E-state index contributed by atoms with van der Waals surface area (Å²) >= 11 is 0. The number of para-hydroxylation sites is 1. The van der Waals surface area contributed by atoms with Crippen molar-refractivity contribution in [2.75, 3.05) is 7.11 Å². The summed E-state index contributed by atoms with van der Waals surface area (Å²) in [6.45, 7) is 5.31. The molecule has 0 saturated carbocycles. The highest BCUT2D eigenvalue weighted by atomic mass is 16.6. The summed E-state index contributed by atoms with van der Waals surface area (Å²) in [6, 6.07) is 7.20. The third-order valence-electron chi connectivity index (χ3n) is 3.55. The first kappa shape index (κ1) is 17.8. The summed E-state index contributed by atoms with van der Waals surface area (Å²) in [7, 11) is 1.30. The number of fused-ring (bicyclic) bond motifs is 1. The molecule has 130 valence electrons. The summed E-state index contributed by atoms with van der Waals surface area (Å²) in [5.41, 5.74) is 1.51. The smallest absolute Gasteiger partial charge is 0.408 e. The van der Waals surface area contributed by atoms with Crippen LogP contribution in [0.15, 0.2) is 30.5 Å². The number of esters is 1. The largest absolute Gasteiger partial charge is 0.467 e. The first-order valence-corrected chi connectivity index (χ1v) is 7.92. The second kappa shape index (κ2) is 7.38. The fourth-order valence-corrected chi connectivity index (χ4v) is 2.48. The lowest BCUT2D eigenvalue weighted by Gasteiger charge is -2.22. The monoisotopic (exact) mass is 332 g/mol. The summed E-state index contributed by atoms with van der Waals surface area (Å²) in [4.78, 5) is 27.1. The number of carbonyl (C=O) groups is 2. The molecule has 24 heavy (non-hydrogen) atoms. The number of methoxy groups -OCH3 is 1. The quantitative estimate of drug-likeness (QED) is 0.824. The average molecular weight is 332 g/mol. The summed E-state index contributed by atoms with van der Waals surface area (Å²) in [5, 5.41) is 3.70. The summed E-state index contributed by atoms with van der Waals surface area (Å²) in [6.07, 6.45) is 2.34. The van der Waals surface area contributed by atoms with Crippen LogP contribution in [-0.2, 0) is 20.7 Å². The van der Waals surface area contributed by atoms with E-state index in [1.807, 2.05) is 30.5 Å². The standard InChI is InChI=1S/C18H24N2O4/c1-18(2,3)24-17(22)20-15(16(21)23-4)10-9-12-11-19-14-8-6-5-7-13(12)14/h5-8,11,15,19H,9-10H2,1-4H3,(H,20,22)/t15-/m0/s1. The molecule has 6 heteroatoms. The molecule has 1 amide bonds. The molecule has 0 aliphatic rings. The van der Waals surface area contributed by atoms with Gasteiger partial charge in [-0.15, -0.1) is 0 Å². The maximum absolute atomic E-state index is 11.9. The van der Waals surface area contributed by atoms with E-state index in [1.165, 1.54) is 7.11 Å². The van der Waals surface area contributed by atoms with Crippen molar-refractivity contribution >= 4 is 23.0 Å². The molecule has 6 nitrogen and oxygen atoms in total. The normalized spacial score (nSPS) is 12.7. The Morgan fingerprint density at radius 3 is 2.62 bits per heavy atom. The number of H-pyrrole nitrogens is 1. The molecule has 1 heterocycles. The van der Waals surface area contributed by atoms with Gasteiger partial charge in [0.05, 0.1) is 7.11 Å². The molecule has 0 aliphatic carbocycles. The fraction of sp³-hybridized carbons (Fsp3) is 0.444. The van der Waals surface area contributed by atoms with E-state index < -0.39 is 23.7 Å². The van der Waals surface area contributed by atoms with Gasteiger partial charge in [0.15, 0.2) is 0 Å². The van der Waals surface area contributed by atoms with Crippen LogP contribution in [0.1, 0.15) is 32.8 Å². The van der Waals surface area contributed by atoms with Gasteiger partial charge in [-0.1, -0.05) is 18.2 Å². The Labute approximate surface area is 141 Å². The van der Waals surface area contributed by atoms with Crippen molar-refractivity contribution in [1.82, 2.24) is 10.3 Å². The van der Waals surface area contributed by atoms with Crippen molar-refractivity contribution < 1.29 is 19.1 Å². The molecule has 0 fully saturated rings. The second-order valence-corrected chi connectivity index (χ2v) is 6.62. The number of nitrogens with one attached hydrogen (secondary N) is 2. The average Bonchev–Trinajstić information content (AvgIpc) is 2.92. The molecule has 0 saturated heterocycles. The van der Waals surface area contributed by atoms with Gasteiger partial charge < -0.3 is 19.8 Å². The molecule has 0 spiro atoms. The fourth-order valence-electron chi connectivity index (χ4n) is 2.48. The van der Waals surface area contributed by atoms with Crippen LogP contribution in [0.2, 0.25) is 0 Å². The van der Waals surface area contributed by atoms with Crippen LogP contribution in [0, 0.1) is 0 Å². The first-order chi connectivity index (χ1) is 11.3. The lowest BCUT2D eigenvalue weighted by Crippen LogP contribution is -2.44. The van der Waals surface area contributed by atoms with Crippen LogP contribution in [-0.4, -0.2) is 35.8 Å². The molecule has 1 aromatic heterocycles. The molecule has 0 bridgehead atoms. The van der Waals surface area contributed by atoms with Crippen molar-refractivity contribution in [2.45, 2.75) is 45.3 Å². The second-order valence-electron chi connectivity index (χ2n) is 6.62. The Balaban J connectivity index is 2.04. The highest BCUT2D eigenvalue weighted by Crippen LogP contribution is 2.19. The van der Waals surface area contributed by atoms with E-state index >= 15 is 0 Å². The number of amides is 1. The molecular formula is C18H24N2O4. The predicted molar refractivity (Wildman–Crippen MR) is 91.8 cm³/mol. The van der Waals surface area contributed by atoms with E-state index in [0.29, 0.717) is 12.8 Å². The van der Waals surface area contributed by atoms with Crippen molar-refractivity contribution in [1.29, 1.82) is 0 Å². The van der Waals surface area contributed by atoms with Crippen molar-refractivity contribution in [3.05, 3.63) is 36.0 Å². The first-order valence-electron chi connectivity index (χ1n) is 7.92.